The van der Waals surface area contributed by atoms with Crippen LogP contribution in [0.5, 0.6) is 0 Å². The van der Waals surface area contributed by atoms with Crippen molar-refractivity contribution in [1.82, 2.24) is 25.0 Å². The van der Waals surface area contributed by atoms with Crippen molar-refractivity contribution in [3.63, 3.8) is 0 Å². The predicted molar refractivity (Wildman–Crippen MR) is 114 cm³/mol. The summed E-state index contributed by atoms with van der Waals surface area (Å²) in [5.74, 6) is 0.289. The molecule has 12 heteroatoms. The first-order chi connectivity index (χ1) is 15.1. The van der Waals surface area contributed by atoms with Crippen molar-refractivity contribution >= 4 is 23.2 Å². The van der Waals surface area contributed by atoms with Crippen LogP contribution in [0, 0.1) is 5.92 Å². The molecule has 1 aliphatic heterocycles. The normalized spacial score (nSPS) is 15.3. The number of aromatic nitrogens is 3. The largest absolute Gasteiger partial charge is 0.417 e. The fourth-order valence-electron chi connectivity index (χ4n) is 3.21. The van der Waals surface area contributed by atoms with Crippen molar-refractivity contribution in [2.24, 2.45) is 5.92 Å². The number of carbonyl (C=O) groups is 1. The minimum absolute atomic E-state index is 0.0292. The number of pyridine rings is 1. The van der Waals surface area contributed by atoms with E-state index in [2.05, 4.69) is 15.4 Å². The summed E-state index contributed by atoms with van der Waals surface area (Å²) in [5.41, 5.74) is -1.16. The van der Waals surface area contributed by atoms with Gasteiger partial charge in [-0.15, -0.1) is 0 Å². The predicted octanol–water partition coefficient (Wildman–Crippen LogP) is 2.19. The average molecular weight is 473 g/mol. The van der Waals surface area contributed by atoms with E-state index in [0.717, 1.165) is 16.8 Å². The zero-order chi connectivity index (χ0) is 23.5. The molecule has 0 bridgehead atoms. The van der Waals surface area contributed by atoms with Gasteiger partial charge in [-0.3, -0.25) is 14.5 Å². The molecule has 2 aromatic heterocycles. The summed E-state index contributed by atoms with van der Waals surface area (Å²) in [6, 6.07) is 1.89. The number of carbonyl (C=O) groups excluding carboxylic acids is 1. The molecule has 0 unspecified atom stereocenters. The second-order valence-corrected chi connectivity index (χ2v) is 8.30. The van der Waals surface area contributed by atoms with Crippen LogP contribution >= 0.6 is 11.6 Å². The number of anilines is 1. The summed E-state index contributed by atoms with van der Waals surface area (Å²) in [6.45, 7) is 7.28. The Bertz CT molecular complexity index is 1000. The molecule has 1 fully saturated rings. The van der Waals surface area contributed by atoms with Crippen molar-refractivity contribution < 1.29 is 18.0 Å². The van der Waals surface area contributed by atoms with E-state index in [1.54, 1.807) is 0 Å². The monoisotopic (exact) mass is 472 g/mol. The van der Waals surface area contributed by atoms with Gasteiger partial charge in [0.15, 0.2) is 5.82 Å². The molecule has 0 atom stereocenters. The number of halogens is 4. The first-order valence-corrected chi connectivity index (χ1v) is 10.5. The van der Waals surface area contributed by atoms with Crippen LogP contribution in [-0.4, -0.2) is 64.8 Å². The minimum atomic E-state index is -4.53. The molecule has 174 valence electrons. The number of hydrogen-bond donors (Lipinski definition) is 1. The zero-order valence-electron chi connectivity index (χ0n) is 17.7. The van der Waals surface area contributed by atoms with Crippen LogP contribution in [0.25, 0.3) is 5.82 Å². The van der Waals surface area contributed by atoms with E-state index in [9.17, 15) is 22.8 Å². The third-order valence-electron chi connectivity index (χ3n) is 4.98. The standard InChI is InChI=1S/C20H24ClF3N6O2/c1-13(2)9-26-17(31)12-28-5-7-29(8-6-28)15-11-27-30(19(32)18(15)21)16-4-3-14(10-25-16)20(22,23)24/h3-4,10-11,13H,5-9,12H2,1-2H3,(H,26,31). The van der Waals surface area contributed by atoms with Gasteiger partial charge in [-0.05, 0) is 18.1 Å². The fraction of sp³-hybridized carbons (Fsp3) is 0.500. The number of amides is 1. The average Bonchev–Trinajstić information content (AvgIpc) is 2.74. The second kappa shape index (κ2) is 9.86. The highest BCUT2D eigenvalue weighted by Gasteiger charge is 2.31. The first kappa shape index (κ1) is 24.0. The van der Waals surface area contributed by atoms with Crippen LogP contribution in [0.4, 0.5) is 18.9 Å². The van der Waals surface area contributed by atoms with Gasteiger partial charge in [-0.25, -0.2) is 4.98 Å². The molecule has 3 heterocycles. The lowest BCUT2D eigenvalue weighted by molar-refractivity contribution is -0.137. The Kier molecular flexibility index (Phi) is 7.40. The molecule has 1 saturated heterocycles. The SMILES string of the molecule is CC(C)CNC(=O)CN1CCN(c2cnn(-c3ccc(C(F)(F)F)cn3)c(=O)c2Cl)CC1. The van der Waals surface area contributed by atoms with E-state index in [1.165, 1.54) is 6.20 Å². The molecule has 1 N–H and O–H groups in total. The Morgan fingerprint density at radius 2 is 1.88 bits per heavy atom. The molecular weight excluding hydrogens is 449 g/mol. The Hall–Kier alpha value is -2.66. The lowest BCUT2D eigenvalue weighted by Crippen LogP contribution is -2.50. The Balaban J connectivity index is 1.66. The van der Waals surface area contributed by atoms with Crippen molar-refractivity contribution in [3.8, 4) is 5.82 Å². The molecule has 8 nitrogen and oxygen atoms in total. The van der Waals surface area contributed by atoms with Crippen LogP contribution < -0.4 is 15.8 Å². The highest BCUT2D eigenvalue weighted by molar-refractivity contribution is 6.33. The maximum absolute atomic E-state index is 12.7. The van der Waals surface area contributed by atoms with E-state index in [0.29, 0.717) is 57.1 Å². The maximum Gasteiger partial charge on any atom is 0.417 e. The molecule has 0 aromatic carbocycles. The number of nitrogens with zero attached hydrogens (tertiary/aromatic N) is 5. The van der Waals surface area contributed by atoms with Gasteiger partial charge in [0.1, 0.15) is 5.02 Å². The number of nitrogens with one attached hydrogen (secondary N) is 1. The number of piperazine rings is 1. The van der Waals surface area contributed by atoms with Crippen molar-refractivity contribution in [2.75, 3.05) is 44.2 Å². The quantitative estimate of drug-likeness (QED) is 0.694. The number of hydrogen-bond acceptors (Lipinski definition) is 6. The van der Waals surface area contributed by atoms with Crippen LogP contribution in [0.3, 0.4) is 0 Å². The molecule has 0 saturated carbocycles. The maximum atomic E-state index is 12.7. The lowest BCUT2D eigenvalue weighted by Gasteiger charge is -2.35. The van der Waals surface area contributed by atoms with Gasteiger partial charge in [-0.2, -0.15) is 23.0 Å². The Morgan fingerprint density at radius 1 is 1.19 bits per heavy atom. The highest BCUT2D eigenvalue weighted by atomic mass is 35.5. The van der Waals surface area contributed by atoms with Gasteiger partial charge in [0, 0.05) is 38.9 Å². The molecule has 0 spiro atoms. The van der Waals surface area contributed by atoms with Crippen molar-refractivity contribution in [3.05, 3.63) is 45.5 Å². The van der Waals surface area contributed by atoms with Gasteiger partial charge in [-0.1, -0.05) is 25.4 Å². The summed E-state index contributed by atoms with van der Waals surface area (Å²) in [7, 11) is 0. The molecule has 3 rings (SSSR count). The van der Waals surface area contributed by atoms with E-state index in [-0.39, 0.29) is 16.7 Å². The summed E-state index contributed by atoms with van der Waals surface area (Å²) in [5, 5.41) is 6.83. The van der Waals surface area contributed by atoms with Gasteiger partial charge in [0.2, 0.25) is 5.91 Å². The molecule has 2 aromatic rings. The van der Waals surface area contributed by atoms with E-state index in [1.807, 2.05) is 23.6 Å². The van der Waals surface area contributed by atoms with Gasteiger partial charge in [0.25, 0.3) is 5.56 Å². The summed E-state index contributed by atoms with van der Waals surface area (Å²) >= 11 is 6.28. The Labute approximate surface area is 188 Å². The molecule has 1 aliphatic rings. The smallest absolute Gasteiger partial charge is 0.366 e. The summed E-state index contributed by atoms with van der Waals surface area (Å²) in [6.07, 6.45) is -2.49. The molecular formula is C20H24ClF3N6O2. The molecule has 0 radical (unpaired) electrons. The highest BCUT2D eigenvalue weighted by Crippen LogP contribution is 2.29. The third-order valence-corrected chi connectivity index (χ3v) is 5.34. The van der Waals surface area contributed by atoms with Crippen molar-refractivity contribution in [2.45, 2.75) is 20.0 Å². The van der Waals surface area contributed by atoms with Crippen molar-refractivity contribution in [1.29, 1.82) is 0 Å². The van der Waals surface area contributed by atoms with Gasteiger partial charge < -0.3 is 10.2 Å². The number of rotatable bonds is 6. The van der Waals surface area contributed by atoms with E-state index in [4.69, 9.17) is 11.6 Å². The van der Waals surface area contributed by atoms with Crippen LogP contribution in [0.15, 0.2) is 29.3 Å². The second-order valence-electron chi connectivity index (χ2n) is 7.92. The van der Waals surface area contributed by atoms with Gasteiger partial charge >= 0.3 is 6.18 Å². The molecule has 32 heavy (non-hydrogen) atoms. The van der Waals surface area contributed by atoms with Crippen LogP contribution in [0.2, 0.25) is 5.02 Å². The third kappa shape index (κ3) is 5.77. The van der Waals surface area contributed by atoms with E-state index >= 15 is 0 Å². The van der Waals surface area contributed by atoms with Crippen LogP contribution in [-0.2, 0) is 11.0 Å². The number of alkyl halides is 3. The van der Waals surface area contributed by atoms with Crippen LogP contribution in [0.1, 0.15) is 19.4 Å². The molecule has 0 aliphatic carbocycles. The summed E-state index contributed by atoms with van der Waals surface area (Å²) in [4.78, 5) is 32.3. The van der Waals surface area contributed by atoms with E-state index < -0.39 is 17.3 Å². The zero-order valence-corrected chi connectivity index (χ0v) is 18.4. The Morgan fingerprint density at radius 3 is 2.44 bits per heavy atom. The van der Waals surface area contributed by atoms with Gasteiger partial charge in [0.05, 0.1) is 24.0 Å². The summed E-state index contributed by atoms with van der Waals surface area (Å²) < 4.78 is 39.0. The first-order valence-electron chi connectivity index (χ1n) is 10.1. The fourth-order valence-corrected chi connectivity index (χ4v) is 3.46. The molecule has 1 amide bonds. The lowest BCUT2D eigenvalue weighted by atomic mass is 10.2. The topological polar surface area (TPSA) is 83.4 Å². The minimum Gasteiger partial charge on any atom is -0.366 e.